The van der Waals surface area contributed by atoms with Crippen molar-refractivity contribution in [1.82, 2.24) is 15.1 Å². The van der Waals surface area contributed by atoms with Gasteiger partial charge >= 0.3 is 0 Å². The summed E-state index contributed by atoms with van der Waals surface area (Å²) >= 11 is 4.28. The molecule has 4 unspecified atom stereocenters. The lowest BCUT2D eigenvalue weighted by Crippen LogP contribution is -2.44. The Kier molecular flexibility index (Phi) is 6.51. The largest absolute Gasteiger partial charge is 0.313 e. The lowest BCUT2D eigenvalue weighted by atomic mass is 10.1. The summed E-state index contributed by atoms with van der Waals surface area (Å²) in [6.07, 6.45) is 3.14. The SMILES string of the molecule is CCNC(Cc1ccn(C(C)C)n1)C1CSC(C)C(C)S1. The van der Waals surface area contributed by atoms with Crippen LogP contribution in [0.1, 0.15) is 46.4 Å². The number of nitrogens with one attached hydrogen (secondary N) is 1. The Labute approximate surface area is 138 Å². The van der Waals surface area contributed by atoms with Crippen LogP contribution < -0.4 is 5.32 Å². The molecule has 1 aliphatic rings. The second-order valence-corrected chi connectivity index (χ2v) is 9.20. The van der Waals surface area contributed by atoms with Crippen LogP contribution >= 0.6 is 23.5 Å². The summed E-state index contributed by atoms with van der Waals surface area (Å²) in [5.41, 5.74) is 1.21. The number of hydrogen-bond acceptors (Lipinski definition) is 4. The molecule has 2 heterocycles. The van der Waals surface area contributed by atoms with E-state index in [-0.39, 0.29) is 0 Å². The standard InChI is InChI=1S/C16H29N3S2/c1-6-17-15(16-10-20-12(4)13(5)21-16)9-14-7-8-19(18-14)11(2)3/h7-8,11-13,15-17H,6,9-10H2,1-5H3. The van der Waals surface area contributed by atoms with Crippen molar-refractivity contribution in [3.63, 3.8) is 0 Å². The van der Waals surface area contributed by atoms with Gasteiger partial charge in [0.25, 0.3) is 0 Å². The highest BCUT2D eigenvalue weighted by Crippen LogP contribution is 2.37. The molecule has 0 amide bonds. The van der Waals surface area contributed by atoms with Gasteiger partial charge in [-0.05, 0) is 26.5 Å². The van der Waals surface area contributed by atoms with E-state index in [2.05, 4.69) is 80.4 Å². The van der Waals surface area contributed by atoms with E-state index in [4.69, 9.17) is 5.10 Å². The predicted octanol–water partition coefficient (Wildman–Crippen LogP) is 3.61. The predicted molar refractivity (Wildman–Crippen MR) is 96.5 cm³/mol. The first-order chi connectivity index (χ1) is 10.0. The highest BCUT2D eigenvalue weighted by Gasteiger charge is 2.31. The molecule has 3 nitrogen and oxygen atoms in total. The van der Waals surface area contributed by atoms with Crippen LogP contribution in [0.5, 0.6) is 0 Å². The number of hydrogen-bond donors (Lipinski definition) is 1. The van der Waals surface area contributed by atoms with Gasteiger partial charge in [0, 0.05) is 46.2 Å². The Balaban J connectivity index is 2.01. The number of thioether (sulfide) groups is 2. The normalized spacial score (nSPS) is 28.0. The molecule has 5 heteroatoms. The van der Waals surface area contributed by atoms with Gasteiger partial charge in [-0.2, -0.15) is 28.6 Å². The molecule has 0 aliphatic carbocycles. The topological polar surface area (TPSA) is 29.9 Å². The van der Waals surface area contributed by atoms with E-state index in [1.807, 2.05) is 0 Å². The van der Waals surface area contributed by atoms with Crippen molar-refractivity contribution in [2.24, 2.45) is 0 Å². The van der Waals surface area contributed by atoms with Crippen LogP contribution in [-0.4, -0.2) is 43.9 Å². The fourth-order valence-corrected chi connectivity index (χ4v) is 5.74. The van der Waals surface area contributed by atoms with Crippen LogP contribution in [0.2, 0.25) is 0 Å². The Hall–Kier alpha value is -0.130. The van der Waals surface area contributed by atoms with E-state index in [9.17, 15) is 0 Å². The van der Waals surface area contributed by atoms with Gasteiger partial charge in [-0.25, -0.2) is 0 Å². The average Bonchev–Trinajstić information content (AvgIpc) is 2.90. The molecule has 1 aromatic rings. The minimum atomic E-state index is 0.441. The maximum atomic E-state index is 4.72. The molecule has 0 aromatic carbocycles. The third kappa shape index (κ3) is 4.67. The third-order valence-electron chi connectivity index (χ3n) is 4.11. The smallest absolute Gasteiger partial charge is 0.0640 e. The molecule has 1 fully saturated rings. The zero-order valence-electron chi connectivity index (χ0n) is 13.9. The van der Waals surface area contributed by atoms with Gasteiger partial charge in [-0.1, -0.05) is 20.8 Å². The zero-order valence-corrected chi connectivity index (χ0v) is 15.5. The Morgan fingerprint density at radius 2 is 2.14 bits per heavy atom. The summed E-state index contributed by atoms with van der Waals surface area (Å²) in [5, 5.41) is 10.6. The molecule has 4 atom stereocenters. The van der Waals surface area contributed by atoms with Gasteiger partial charge in [-0.3, -0.25) is 4.68 Å². The first kappa shape index (κ1) is 17.2. The average molecular weight is 328 g/mol. The number of aromatic nitrogens is 2. The number of nitrogens with zero attached hydrogens (tertiary/aromatic N) is 2. The molecule has 1 aliphatic heterocycles. The van der Waals surface area contributed by atoms with Crippen molar-refractivity contribution in [2.45, 2.75) is 68.9 Å². The summed E-state index contributed by atoms with van der Waals surface area (Å²) in [6.45, 7) is 12.3. The van der Waals surface area contributed by atoms with Gasteiger partial charge in [0.2, 0.25) is 0 Å². The van der Waals surface area contributed by atoms with Crippen LogP contribution in [0.4, 0.5) is 0 Å². The van der Waals surface area contributed by atoms with Gasteiger partial charge in [-0.15, -0.1) is 0 Å². The summed E-state index contributed by atoms with van der Waals surface area (Å²) in [7, 11) is 0. The number of rotatable bonds is 6. The number of likely N-dealkylation sites (N-methyl/N-ethyl adjacent to an activating group) is 1. The molecule has 0 saturated carbocycles. The third-order valence-corrected chi connectivity index (χ3v) is 7.66. The molecule has 0 radical (unpaired) electrons. The highest BCUT2D eigenvalue weighted by molar-refractivity contribution is 8.07. The van der Waals surface area contributed by atoms with E-state index in [0.29, 0.717) is 17.3 Å². The van der Waals surface area contributed by atoms with Crippen LogP contribution in [0, 0.1) is 0 Å². The van der Waals surface area contributed by atoms with Gasteiger partial charge < -0.3 is 5.32 Å². The van der Waals surface area contributed by atoms with E-state index < -0.39 is 0 Å². The van der Waals surface area contributed by atoms with Gasteiger partial charge in [0.1, 0.15) is 0 Å². The molecule has 1 N–H and O–H groups in total. The Bertz CT molecular complexity index is 433. The highest BCUT2D eigenvalue weighted by atomic mass is 32.2. The molecule has 1 saturated heterocycles. The minimum Gasteiger partial charge on any atom is -0.313 e. The molecular weight excluding hydrogens is 298 g/mol. The van der Waals surface area contributed by atoms with E-state index in [1.165, 1.54) is 11.4 Å². The van der Waals surface area contributed by atoms with E-state index in [1.54, 1.807) is 0 Å². The molecule has 21 heavy (non-hydrogen) atoms. The molecule has 120 valence electrons. The zero-order chi connectivity index (χ0) is 15.4. The lowest BCUT2D eigenvalue weighted by molar-refractivity contribution is 0.494. The molecule has 1 aromatic heterocycles. The second kappa shape index (κ2) is 7.93. The van der Waals surface area contributed by atoms with Crippen molar-refractivity contribution < 1.29 is 0 Å². The van der Waals surface area contributed by atoms with E-state index in [0.717, 1.165) is 23.5 Å². The van der Waals surface area contributed by atoms with Gasteiger partial charge in [0.05, 0.1) is 5.69 Å². The maximum absolute atomic E-state index is 4.72. The van der Waals surface area contributed by atoms with Crippen molar-refractivity contribution in [2.75, 3.05) is 12.3 Å². The summed E-state index contributed by atoms with van der Waals surface area (Å²) in [6, 6.07) is 3.14. The summed E-state index contributed by atoms with van der Waals surface area (Å²) in [5.74, 6) is 1.25. The van der Waals surface area contributed by atoms with Crippen molar-refractivity contribution in [3.8, 4) is 0 Å². The van der Waals surface area contributed by atoms with Crippen LogP contribution in [0.15, 0.2) is 12.3 Å². The van der Waals surface area contributed by atoms with E-state index >= 15 is 0 Å². The second-order valence-electron chi connectivity index (χ2n) is 6.17. The van der Waals surface area contributed by atoms with Crippen LogP contribution in [0.3, 0.4) is 0 Å². The van der Waals surface area contributed by atoms with Crippen molar-refractivity contribution in [1.29, 1.82) is 0 Å². The maximum Gasteiger partial charge on any atom is 0.0640 e. The molecular formula is C16H29N3S2. The lowest BCUT2D eigenvalue weighted by Gasteiger charge is -2.36. The fraction of sp³-hybridized carbons (Fsp3) is 0.812. The van der Waals surface area contributed by atoms with Crippen molar-refractivity contribution >= 4 is 23.5 Å². The molecule has 2 rings (SSSR count). The quantitative estimate of drug-likeness (QED) is 0.864. The molecule has 0 spiro atoms. The van der Waals surface area contributed by atoms with Gasteiger partial charge in [0.15, 0.2) is 0 Å². The van der Waals surface area contributed by atoms with Crippen molar-refractivity contribution in [3.05, 3.63) is 18.0 Å². The monoisotopic (exact) mass is 327 g/mol. The summed E-state index contributed by atoms with van der Waals surface area (Å²) < 4.78 is 2.06. The minimum absolute atomic E-state index is 0.441. The first-order valence-corrected chi connectivity index (χ1v) is 10.0. The first-order valence-electron chi connectivity index (χ1n) is 8.05. The fourth-order valence-electron chi connectivity index (χ4n) is 2.62. The molecule has 0 bridgehead atoms. The van der Waals surface area contributed by atoms with Crippen LogP contribution in [0.25, 0.3) is 0 Å². The summed E-state index contributed by atoms with van der Waals surface area (Å²) in [4.78, 5) is 0. The van der Waals surface area contributed by atoms with Crippen LogP contribution in [-0.2, 0) is 6.42 Å². The Morgan fingerprint density at radius 1 is 1.38 bits per heavy atom. The Morgan fingerprint density at radius 3 is 2.71 bits per heavy atom.